The topological polar surface area (TPSA) is 50.2 Å². The van der Waals surface area contributed by atoms with E-state index in [1.165, 1.54) is 0 Å². The van der Waals surface area contributed by atoms with Crippen molar-refractivity contribution >= 4 is 16.9 Å². The van der Waals surface area contributed by atoms with E-state index in [2.05, 4.69) is 41.0 Å². The molecule has 1 amide bonds. The van der Waals surface area contributed by atoms with Gasteiger partial charge in [0.2, 0.25) is 0 Å². The first kappa shape index (κ1) is 17.2. The highest BCUT2D eigenvalue weighted by Crippen LogP contribution is 2.19. The van der Waals surface area contributed by atoms with E-state index in [-0.39, 0.29) is 5.91 Å². The molecule has 0 atom stereocenters. The molecule has 2 aromatic carbocycles. The van der Waals surface area contributed by atoms with Crippen molar-refractivity contribution in [1.82, 2.24) is 19.8 Å². The van der Waals surface area contributed by atoms with Gasteiger partial charge in [-0.25, -0.2) is 4.98 Å². The van der Waals surface area contributed by atoms with Crippen LogP contribution in [0.2, 0.25) is 0 Å². The Bertz CT molecular complexity index is 865. The molecule has 5 heteroatoms. The Morgan fingerprint density at radius 2 is 1.84 bits per heavy atom. The zero-order valence-corrected chi connectivity index (χ0v) is 15.0. The van der Waals surface area contributed by atoms with Crippen LogP contribution in [-0.2, 0) is 13.0 Å². The highest BCUT2D eigenvalue weighted by molar-refractivity contribution is 5.93. The van der Waals surface area contributed by atoms with Gasteiger partial charge in [-0.3, -0.25) is 4.79 Å². The molecular weight excluding hydrogens is 312 g/mol. The highest BCUT2D eigenvalue weighted by Gasteiger charge is 2.11. The minimum Gasteiger partial charge on any atom is -0.355 e. The molecule has 0 fully saturated rings. The Balaban J connectivity index is 1.91. The lowest BCUT2D eigenvalue weighted by atomic mass is 10.1. The average Bonchev–Trinajstić information content (AvgIpc) is 2.97. The van der Waals surface area contributed by atoms with Crippen molar-refractivity contribution in [3.63, 3.8) is 0 Å². The van der Waals surface area contributed by atoms with Crippen molar-refractivity contribution < 1.29 is 4.79 Å². The fourth-order valence-corrected chi connectivity index (χ4v) is 2.90. The zero-order chi connectivity index (χ0) is 17.8. The molecule has 0 saturated carbocycles. The fourth-order valence-electron chi connectivity index (χ4n) is 2.90. The smallest absolute Gasteiger partial charge is 0.251 e. The van der Waals surface area contributed by atoms with Crippen molar-refractivity contribution in [1.29, 1.82) is 0 Å². The molecule has 0 radical (unpaired) electrons. The fraction of sp³-hybridized carbons (Fsp3) is 0.300. The van der Waals surface area contributed by atoms with E-state index in [1.54, 1.807) is 7.05 Å². The van der Waals surface area contributed by atoms with Crippen LogP contribution in [0.4, 0.5) is 0 Å². The highest BCUT2D eigenvalue weighted by atomic mass is 16.1. The maximum Gasteiger partial charge on any atom is 0.251 e. The first-order valence-electron chi connectivity index (χ1n) is 8.48. The number of para-hydroxylation sites is 2. The van der Waals surface area contributed by atoms with Crippen molar-refractivity contribution in [3.05, 3.63) is 65.5 Å². The summed E-state index contributed by atoms with van der Waals surface area (Å²) >= 11 is 0. The Kier molecular flexibility index (Phi) is 5.14. The second kappa shape index (κ2) is 7.49. The number of likely N-dealkylation sites (N-methyl/N-ethyl adjacent to an activating group) is 1. The third-order valence-electron chi connectivity index (χ3n) is 4.30. The number of carbonyl (C=O) groups excluding carboxylic acids is 1. The molecule has 0 aliphatic carbocycles. The number of nitrogens with one attached hydrogen (secondary N) is 1. The predicted octanol–water partition coefficient (Wildman–Crippen LogP) is 2.55. The van der Waals surface area contributed by atoms with Gasteiger partial charge in [-0.05, 0) is 43.9 Å². The van der Waals surface area contributed by atoms with Crippen LogP contribution in [0.25, 0.3) is 11.0 Å². The number of nitrogens with zero attached hydrogens (tertiary/aromatic N) is 3. The Morgan fingerprint density at radius 1 is 1.12 bits per heavy atom. The third kappa shape index (κ3) is 3.88. The molecule has 130 valence electrons. The third-order valence-corrected chi connectivity index (χ3v) is 4.30. The summed E-state index contributed by atoms with van der Waals surface area (Å²) in [4.78, 5) is 18.7. The summed E-state index contributed by atoms with van der Waals surface area (Å²) in [6.07, 6.45) is 0.901. The van der Waals surface area contributed by atoms with Gasteiger partial charge >= 0.3 is 0 Å². The molecule has 3 aromatic rings. The summed E-state index contributed by atoms with van der Waals surface area (Å²) in [6.45, 7) is 1.70. The molecule has 0 aliphatic heterocycles. The van der Waals surface area contributed by atoms with Crippen LogP contribution < -0.4 is 5.32 Å². The Hall–Kier alpha value is -2.66. The maximum atomic E-state index is 11.7. The number of rotatable bonds is 6. The van der Waals surface area contributed by atoms with E-state index < -0.39 is 0 Å². The standard InChI is InChI=1S/C20H24N4O/c1-21-20(25)16-10-8-15(9-11-16)14-24-18-7-5-4-6-17(18)22-19(24)12-13-23(2)3/h4-11H,12-14H2,1-3H3,(H,21,25). The summed E-state index contributed by atoms with van der Waals surface area (Å²) in [5.74, 6) is 1.02. The van der Waals surface area contributed by atoms with Gasteiger partial charge in [-0.1, -0.05) is 24.3 Å². The summed E-state index contributed by atoms with van der Waals surface area (Å²) in [5.41, 5.74) is 4.00. The van der Waals surface area contributed by atoms with Crippen LogP contribution >= 0.6 is 0 Å². The van der Waals surface area contributed by atoms with Gasteiger partial charge in [0.1, 0.15) is 5.82 Å². The monoisotopic (exact) mass is 336 g/mol. The van der Waals surface area contributed by atoms with Gasteiger partial charge in [0.05, 0.1) is 11.0 Å². The second-order valence-electron chi connectivity index (χ2n) is 6.43. The SMILES string of the molecule is CNC(=O)c1ccc(Cn2c(CCN(C)C)nc3ccccc32)cc1. The first-order chi connectivity index (χ1) is 12.1. The van der Waals surface area contributed by atoms with Gasteiger partial charge < -0.3 is 14.8 Å². The van der Waals surface area contributed by atoms with Crippen LogP contribution in [-0.4, -0.2) is 48.0 Å². The number of hydrogen-bond donors (Lipinski definition) is 1. The minimum absolute atomic E-state index is 0.0636. The molecule has 0 unspecified atom stereocenters. The van der Waals surface area contributed by atoms with Gasteiger partial charge in [0.25, 0.3) is 5.91 Å². The van der Waals surface area contributed by atoms with Crippen molar-refractivity contribution in [3.8, 4) is 0 Å². The maximum absolute atomic E-state index is 11.7. The normalized spacial score (nSPS) is 11.2. The largest absolute Gasteiger partial charge is 0.355 e. The Morgan fingerprint density at radius 3 is 2.52 bits per heavy atom. The molecule has 5 nitrogen and oxygen atoms in total. The van der Waals surface area contributed by atoms with E-state index in [9.17, 15) is 4.79 Å². The lowest BCUT2D eigenvalue weighted by Crippen LogP contribution is -2.18. The molecule has 25 heavy (non-hydrogen) atoms. The van der Waals surface area contributed by atoms with Gasteiger partial charge in [0.15, 0.2) is 0 Å². The lowest BCUT2D eigenvalue weighted by Gasteiger charge is -2.12. The Labute approximate surface area is 148 Å². The number of amides is 1. The minimum atomic E-state index is -0.0636. The lowest BCUT2D eigenvalue weighted by molar-refractivity contribution is 0.0963. The molecule has 0 bridgehead atoms. The summed E-state index contributed by atoms with van der Waals surface area (Å²) < 4.78 is 2.27. The summed E-state index contributed by atoms with van der Waals surface area (Å²) in [6, 6.07) is 16.0. The van der Waals surface area contributed by atoms with E-state index in [0.717, 1.165) is 41.9 Å². The van der Waals surface area contributed by atoms with E-state index in [4.69, 9.17) is 4.98 Å². The van der Waals surface area contributed by atoms with Crippen LogP contribution in [0.1, 0.15) is 21.7 Å². The van der Waals surface area contributed by atoms with Crippen LogP contribution in [0, 0.1) is 0 Å². The van der Waals surface area contributed by atoms with E-state index in [0.29, 0.717) is 5.56 Å². The molecule has 1 heterocycles. The van der Waals surface area contributed by atoms with E-state index in [1.807, 2.05) is 36.4 Å². The predicted molar refractivity (Wildman–Crippen MR) is 101 cm³/mol. The number of hydrogen-bond acceptors (Lipinski definition) is 3. The zero-order valence-electron chi connectivity index (χ0n) is 15.0. The van der Waals surface area contributed by atoms with Crippen molar-refractivity contribution in [2.45, 2.75) is 13.0 Å². The van der Waals surface area contributed by atoms with Crippen LogP contribution in [0.3, 0.4) is 0 Å². The van der Waals surface area contributed by atoms with Gasteiger partial charge in [-0.15, -0.1) is 0 Å². The molecule has 3 rings (SSSR count). The summed E-state index contributed by atoms with van der Waals surface area (Å²) in [7, 11) is 5.79. The van der Waals surface area contributed by atoms with Crippen molar-refractivity contribution in [2.75, 3.05) is 27.7 Å². The first-order valence-corrected chi connectivity index (χ1v) is 8.48. The second-order valence-corrected chi connectivity index (χ2v) is 6.43. The molecule has 1 N–H and O–H groups in total. The number of aromatic nitrogens is 2. The van der Waals surface area contributed by atoms with E-state index >= 15 is 0 Å². The van der Waals surface area contributed by atoms with Gasteiger partial charge in [-0.2, -0.15) is 0 Å². The van der Waals surface area contributed by atoms with Crippen LogP contribution in [0.5, 0.6) is 0 Å². The number of carbonyl (C=O) groups is 1. The molecule has 0 saturated heterocycles. The average molecular weight is 336 g/mol. The number of imidazole rings is 1. The number of fused-ring (bicyclic) bond motifs is 1. The molecule has 1 aromatic heterocycles. The van der Waals surface area contributed by atoms with Crippen LogP contribution in [0.15, 0.2) is 48.5 Å². The molecular formula is C20H24N4O. The molecule has 0 spiro atoms. The van der Waals surface area contributed by atoms with Gasteiger partial charge in [0, 0.05) is 32.1 Å². The number of benzene rings is 2. The summed E-state index contributed by atoms with van der Waals surface area (Å²) in [5, 5.41) is 2.65. The quantitative estimate of drug-likeness (QED) is 0.753. The van der Waals surface area contributed by atoms with Crippen molar-refractivity contribution in [2.24, 2.45) is 0 Å². The molecule has 0 aliphatic rings.